The Kier molecular flexibility index (Phi) is 6.30. The van der Waals surface area contributed by atoms with E-state index in [-0.39, 0.29) is 6.04 Å². The van der Waals surface area contributed by atoms with Gasteiger partial charge in [0.25, 0.3) is 0 Å². The van der Waals surface area contributed by atoms with Gasteiger partial charge >= 0.3 is 0 Å². The van der Waals surface area contributed by atoms with Crippen molar-refractivity contribution in [2.45, 2.75) is 13.0 Å². The van der Waals surface area contributed by atoms with Crippen LogP contribution in [-0.4, -0.2) is 35.1 Å². The van der Waals surface area contributed by atoms with Gasteiger partial charge in [0.2, 0.25) is 0 Å². The van der Waals surface area contributed by atoms with E-state index in [9.17, 15) is 0 Å². The molecule has 0 fully saturated rings. The van der Waals surface area contributed by atoms with Crippen molar-refractivity contribution in [1.29, 1.82) is 0 Å². The Morgan fingerprint density at radius 3 is 2.39 bits per heavy atom. The van der Waals surface area contributed by atoms with Gasteiger partial charge in [0.1, 0.15) is 0 Å². The quantitative estimate of drug-likeness (QED) is 0.342. The van der Waals surface area contributed by atoms with Gasteiger partial charge in [-0.15, -0.1) is 0 Å². The molecule has 0 saturated heterocycles. The lowest BCUT2D eigenvalue weighted by atomic mass is 9.88. The Balaban J connectivity index is 1.54. The summed E-state index contributed by atoms with van der Waals surface area (Å²) in [4.78, 5) is 9.96. The van der Waals surface area contributed by atoms with Crippen molar-refractivity contribution < 1.29 is 0 Å². The summed E-state index contributed by atoms with van der Waals surface area (Å²) in [7, 11) is 2.16. The number of amidine groups is 1. The van der Waals surface area contributed by atoms with Crippen molar-refractivity contribution in [1.82, 2.24) is 9.80 Å². The molecule has 0 spiro atoms. The summed E-state index contributed by atoms with van der Waals surface area (Å²) in [6, 6.07) is 24.8. The van der Waals surface area contributed by atoms with Crippen LogP contribution in [0, 0.1) is 6.92 Å². The zero-order valence-electron chi connectivity index (χ0n) is 20.1. The molecule has 180 valence electrons. The average molecular weight is 531 g/mol. The zero-order valence-corrected chi connectivity index (χ0v) is 22.4. The van der Waals surface area contributed by atoms with Crippen molar-refractivity contribution in [2.75, 3.05) is 20.1 Å². The molecule has 0 radical (unpaired) electrons. The second-order valence-corrected chi connectivity index (χ2v) is 11.1. The molecule has 0 bridgehead atoms. The van der Waals surface area contributed by atoms with Gasteiger partial charge in [-0.2, -0.15) is 0 Å². The third-order valence-electron chi connectivity index (χ3n) is 6.81. The molecule has 3 aromatic rings. The minimum Gasteiger partial charge on any atom is -0.308 e. The lowest BCUT2D eigenvalue weighted by molar-refractivity contribution is 0.344. The van der Waals surface area contributed by atoms with Gasteiger partial charge in [-0.25, -0.2) is 4.99 Å². The normalized spacial score (nSPS) is 20.8. The molecule has 6 rings (SSSR count). The maximum atomic E-state index is 6.86. The average Bonchev–Trinajstić information content (AvgIpc) is 3.29. The maximum absolute atomic E-state index is 6.86. The molecule has 36 heavy (non-hydrogen) atoms. The van der Waals surface area contributed by atoms with Crippen LogP contribution in [0.2, 0.25) is 10.0 Å². The molecular formula is C30H25Cl2N3S. The number of thioether (sulfide) groups is 1. The first kappa shape index (κ1) is 23.6. The molecule has 0 aliphatic carbocycles. The van der Waals surface area contributed by atoms with Crippen molar-refractivity contribution in [2.24, 2.45) is 4.99 Å². The highest BCUT2D eigenvalue weighted by atomic mass is 35.5. The summed E-state index contributed by atoms with van der Waals surface area (Å²) in [5.41, 5.74) is 9.14. The van der Waals surface area contributed by atoms with Crippen LogP contribution in [0.3, 0.4) is 0 Å². The fourth-order valence-electron chi connectivity index (χ4n) is 5.11. The third kappa shape index (κ3) is 4.22. The molecular weight excluding hydrogens is 505 g/mol. The van der Waals surface area contributed by atoms with E-state index in [0.29, 0.717) is 0 Å². The predicted octanol–water partition coefficient (Wildman–Crippen LogP) is 8.04. The number of aliphatic imine (C=N–C) groups is 1. The van der Waals surface area contributed by atoms with Crippen molar-refractivity contribution in [3.63, 3.8) is 0 Å². The van der Waals surface area contributed by atoms with Gasteiger partial charge in [-0.3, -0.25) is 4.90 Å². The Labute approximate surface area is 226 Å². The molecule has 0 amide bonds. The highest BCUT2D eigenvalue weighted by molar-refractivity contribution is 8.16. The zero-order chi connectivity index (χ0) is 24.8. The Hall–Kier alpha value is -2.76. The van der Waals surface area contributed by atoms with Crippen LogP contribution < -0.4 is 0 Å². The minimum atomic E-state index is -0.0545. The highest BCUT2D eigenvalue weighted by Crippen LogP contribution is 2.50. The standard InChI is InChI=1S/C30H25Cl2N3S/c1-19-11-13-20(14-12-19)27-18-36-30-33-28-22(15-21-7-3-5-9-25(21)31)16-34(2)17-24(28)29(35(27)30)23-8-4-6-10-26(23)32/h3-15,18,29H,16-17H2,1-2H3/b22-15+/t29-/m0/s1. The summed E-state index contributed by atoms with van der Waals surface area (Å²) in [5, 5.41) is 4.70. The summed E-state index contributed by atoms with van der Waals surface area (Å²) in [6.45, 7) is 3.73. The Bertz CT molecular complexity index is 1470. The lowest BCUT2D eigenvalue weighted by Crippen LogP contribution is -2.40. The topological polar surface area (TPSA) is 18.8 Å². The molecule has 0 N–H and O–H groups in total. The summed E-state index contributed by atoms with van der Waals surface area (Å²) < 4.78 is 0. The Morgan fingerprint density at radius 1 is 0.917 bits per heavy atom. The van der Waals surface area contributed by atoms with Crippen molar-refractivity contribution >= 4 is 51.9 Å². The van der Waals surface area contributed by atoms with Crippen molar-refractivity contribution in [3.05, 3.63) is 127 Å². The van der Waals surface area contributed by atoms with Crippen LogP contribution in [0.15, 0.2) is 100 Å². The first-order valence-corrected chi connectivity index (χ1v) is 13.6. The molecule has 3 aliphatic rings. The molecule has 1 atom stereocenters. The number of hydrogen-bond acceptors (Lipinski definition) is 4. The molecule has 3 nitrogen and oxygen atoms in total. The van der Waals surface area contributed by atoms with Crippen LogP contribution in [0.5, 0.6) is 0 Å². The number of rotatable bonds is 3. The van der Waals surface area contributed by atoms with Gasteiger partial charge in [0, 0.05) is 28.5 Å². The molecule has 0 unspecified atom stereocenters. The molecule has 3 heterocycles. The summed E-state index contributed by atoms with van der Waals surface area (Å²) in [6.07, 6.45) is 2.19. The van der Waals surface area contributed by atoms with Gasteiger partial charge in [-0.05, 0) is 60.0 Å². The van der Waals surface area contributed by atoms with Crippen molar-refractivity contribution in [3.8, 4) is 0 Å². The van der Waals surface area contributed by atoms with Gasteiger partial charge < -0.3 is 4.90 Å². The number of aryl methyl sites for hydroxylation is 1. The minimum absolute atomic E-state index is 0.0545. The van der Waals surface area contributed by atoms with Crippen LogP contribution in [0.4, 0.5) is 0 Å². The van der Waals surface area contributed by atoms with Crippen LogP contribution in [0.1, 0.15) is 28.3 Å². The van der Waals surface area contributed by atoms with E-state index in [1.165, 1.54) is 22.3 Å². The van der Waals surface area contributed by atoms with Gasteiger partial charge in [0.05, 0.1) is 17.4 Å². The Morgan fingerprint density at radius 2 is 1.64 bits per heavy atom. The van der Waals surface area contributed by atoms with Gasteiger partial charge in [0.15, 0.2) is 5.17 Å². The number of nitrogens with zero attached hydrogens (tertiary/aromatic N) is 3. The molecule has 0 aromatic heterocycles. The van der Waals surface area contributed by atoms with E-state index < -0.39 is 0 Å². The second-order valence-electron chi connectivity index (χ2n) is 9.41. The number of hydrogen-bond donors (Lipinski definition) is 0. The number of benzene rings is 3. The maximum Gasteiger partial charge on any atom is 0.174 e. The smallest absolute Gasteiger partial charge is 0.174 e. The first-order valence-electron chi connectivity index (χ1n) is 11.9. The predicted molar refractivity (Wildman–Crippen MR) is 154 cm³/mol. The molecule has 3 aromatic carbocycles. The molecule has 3 aliphatic heterocycles. The van der Waals surface area contributed by atoms with Crippen LogP contribution >= 0.6 is 35.0 Å². The van der Waals surface area contributed by atoms with E-state index in [1.807, 2.05) is 30.3 Å². The van der Waals surface area contributed by atoms with E-state index in [2.05, 4.69) is 77.7 Å². The lowest BCUT2D eigenvalue weighted by Gasteiger charge is -2.42. The first-order chi connectivity index (χ1) is 17.5. The second kappa shape index (κ2) is 9.60. The van der Waals surface area contributed by atoms with Crippen LogP contribution in [0.25, 0.3) is 11.8 Å². The third-order valence-corrected chi connectivity index (χ3v) is 8.34. The highest BCUT2D eigenvalue weighted by Gasteiger charge is 2.41. The monoisotopic (exact) mass is 529 g/mol. The van der Waals surface area contributed by atoms with Gasteiger partial charge in [-0.1, -0.05) is 101 Å². The fraction of sp³-hybridized carbons (Fsp3) is 0.167. The summed E-state index contributed by atoms with van der Waals surface area (Å²) in [5.74, 6) is 0. The largest absolute Gasteiger partial charge is 0.308 e. The SMILES string of the molecule is Cc1ccc(C2=CSC3=NC4=C(CN(C)C/C4=C\c4ccccc4Cl)[C@H](c4ccccc4Cl)N23)cc1. The number of fused-ring (bicyclic) bond motifs is 1. The van der Waals surface area contributed by atoms with Crippen LogP contribution in [-0.2, 0) is 0 Å². The van der Waals surface area contributed by atoms with E-state index in [0.717, 1.165) is 50.8 Å². The molecule has 0 saturated carbocycles. The number of halogens is 2. The van der Waals surface area contributed by atoms with E-state index >= 15 is 0 Å². The summed E-state index contributed by atoms with van der Waals surface area (Å²) >= 11 is 15.1. The van der Waals surface area contributed by atoms with E-state index in [4.69, 9.17) is 28.2 Å². The number of likely N-dealkylation sites (N-methyl/N-ethyl adjacent to an activating group) is 1. The fourth-order valence-corrected chi connectivity index (χ4v) is 6.47. The van der Waals surface area contributed by atoms with E-state index in [1.54, 1.807) is 11.8 Å². The molecule has 6 heteroatoms.